The first-order valence-electron chi connectivity index (χ1n) is 22.4. The fraction of sp³-hybridized carbons (Fsp3) is 0.0159. The Morgan fingerprint density at radius 1 is 0.338 bits per heavy atom. The molecule has 0 bridgehead atoms. The van der Waals surface area contributed by atoms with Gasteiger partial charge >= 0.3 is 0 Å². The van der Waals surface area contributed by atoms with Gasteiger partial charge in [0.05, 0.1) is 11.1 Å². The number of nitrogens with zero attached hydrogens (tertiary/aromatic N) is 1. The Hall–Kier alpha value is -8.46. The molecule has 12 aromatic rings. The molecule has 0 fully saturated rings. The zero-order chi connectivity index (χ0) is 42.9. The minimum atomic E-state index is -0.549. The van der Waals surface area contributed by atoms with Crippen molar-refractivity contribution in [2.75, 3.05) is 4.90 Å². The summed E-state index contributed by atoms with van der Waals surface area (Å²) in [5, 5.41) is 6.96. The third-order valence-electron chi connectivity index (χ3n) is 13.7. The van der Waals surface area contributed by atoms with Crippen LogP contribution in [-0.4, -0.2) is 0 Å². The summed E-state index contributed by atoms with van der Waals surface area (Å²) in [6.45, 7) is 0. The molecular formula is C63H41NO. The number of para-hydroxylation sites is 1. The molecule has 1 aromatic heterocycles. The predicted molar refractivity (Wildman–Crippen MR) is 272 cm³/mol. The van der Waals surface area contributed by atoms with E-state index >= 15 is 0 Å². The lowest BCUT2D eigenvalue weighted by atomic mass is 9.67. The third-order valence-corrected chi connectivity index (χ3v) is 13.7. The van der Waals surface area contributed by atoms with Gasteiger partial charge in [0, 0.05) is 33.1 Å². The molecule has 1 aliphatic rings. The molecular weight excluding hydrogens is 787 g/mol. The van der Waals surface area contributed by atoms with Crippen molar-refractivity contribution in [2.45, 2.75) is 5.41 Å². The maximum Gasteiger partial charge on any atom is 0.143 e. The summed E-state index contributed by atoms with van der Waals surface area (Å²) >= 11 is 0. The van der Waals surface area contributed by atoms with Gasteiger partial charge in [0.15, 0.2) is 0 Å². The van der Waals surface area contributed by atoms with Crippen LogP contribution in [0.1, 0.15) is 22.3 Å². The van der Waals surface area contributed by atoms with E-state index in [4.69, 9.17) is 4.42 Å². The second-order valence-electron chi connectivity index (χ2n) is 17.2. The molecule has 0 amide bonds. The predicted octanol–water partition coefficient (Wildman–Crippen LogP) is 17.1. The first-order valence-corrected chi connectivity index (χ1v) is 22.4. The summed E-state index contributed by atoms with van der Waals surface area (Å²) in [4.78, 5) is 2.47. The minimum absolute atomic E-state index is 0.549. The maximum absolute atomic E-state index is 6.77. The second kappa shape index (κ2) is 14.8. The van der Waals surface area contributed by atoms with Gasteiger partial charge in [-0.05, 0) is 115 Å². The highest BCUT2D eigenvalue weighted by molar-refractivity contribution is 6.19. The standard InChI is InChI=1S/C63H41NO/c1-3-21-47(22-4-1)63(48-23-5-2-6-24-48)57-30-13-11-27-52(57)53-38-36-50(41-58(53)63)64(49-25-15-20-45(40-49)46-34-33-42-17-7-8-19-44(42)39-46)59-31-14-12-28-54(59)55-29-16-32-60-61(55)56-37-35-43-18-9-10-26-51(43)62(56)65-60/h1-41H. The molecule has 1 aliphatic carbocycles. The van der Waals surface area contributed by atoms with Crippen LogP contribution in [0, 0.1) is 0 Å². The van der Waals surface area contributed by atoms with Crippen molar-refractivity contribution in [3.63, 3.8) is 0 Å². The number of benzene rings is 11. The summed E-state index contributed by atoms with van der Waals surface area (Å²) in [6.07, 6.45) is 0. The van der Waals surface area contributed by atoms with Crippen molar-refractivity contribution in [2.24, 2.45) is 0 Å². The quantitative estimate of drug-likeness (QED) is 0.159. The van der Waals surface area contributed by atoms with E-state index in [2.05, 4.69) is 254 Å². The van der Waals surface area contributed by atoms with Crippen molar-refractivity contribution in [3.05, 3.63) is 271 Å². The van der Waals surface area contributed by atoms with Crippen molar-refractivity contribution in [3.8, 4) is 33.4 Å². The second-order valence-corrected chi connectivity index (χ2v) is 17.2. The van der Waals surface area contributed by atoms with E-state index < -0.39 is 5.41 Å². The number of hydrogen-bond acceptors (Lipinski definition) is 2. The molecule has 0 spiro atoms. The largest absolute Gasteiger partial charge is 0.455 e. The number of fused-ring (bicyclic) bond motifs is 9. The van der Waals surface area contributed by atoms with Gasteiger partial charge in [-0.1, -0.05) is 200 Å². The molecule has 0 atom stereocenters. The summed E-state index contributed by atoms with van der Waals surface area (Å²) in [7, 11) is 0. The molecule has 2 heteroatoms. The van der Waals surface area contributed by atoms with Crippen LogP contribution in [0.15, 0.2) is 253 Å². The Kier molecular flexibility index (Phi) is 8.47. The van der Waals surface area contributed by atoms with Gasteiger partial charge in [-0.3, -0.25) is 0 Å². The monoisotopic (exact) mass is 827 g/mol. The Labute approximate surface area is 377 Å². The number of rotatable bonds is 7. The van der Waals surface area contributed by atoms with Crippen molar-refractivity contribution < 1.29 is 4.42 Å². The fourth-order valence-corrected chi connectivity index (χ4v) is 10.9. The van der Waals surface area contributed by atoms with Crippen LogP contribution in [0.25, 0.3) is 76.9 Å². The molecule has 2 nitrogen and oxygen atoms in total. The van der Waals surface area contributed by atoms with Crippen LogP contribution in [0.2, 0.25) is 0 Å². The highest BCUT2D eigenvalue weighted by Gasteiger charge is 2.46. The minimum Gasteiger partial charge on any atom is -0.455 e. The Bertz CT molecular complexity index is 3750. The van der Waals surface area contributed by atoms with Gasteiger partial charge in [-0.2, -0.15) is 0 Å². The van der Waals surface area contributed by atoms with Crippen LogP contribution in [0.5, 0.6) is 0 Å². The Morgan fingerprint density at radius 2 is 0.954 bits per heavy atom. The van der Waals surface area contributed by atoms with Crippen LogP contribution in [0.3, 0.4) is 0 Å². The fourth-order valence-electron chi connectivity index (χ4n) is 10.9. The molecule has 65 heavy (non-hydrogen) atoms. The molecule has 13 rings (SSSR count). The lowest BCUT2D eigenvalue weighted by molar-refractivity contribution is 0.673. The van der Waals surface area contributed by atoms with Crippen LogP contribution in [-0.2, 0) is 5.41 Å². The maximum atomic E-state index is 6.77. The lowest BCUT2D eigenvalue weighted by Gasteiger charge is -2.35. The van der Waals surface area contributed by atoms with E-state index in [1.165, 1.54) is 55.1 Å². The average Bonchev–Trinajstić information content (AvgIpc) is 3.91. The van der Waals surface area contributed by atoms with Crippen molar-refractivity contribution in [1.82, 2.24) is 0 Å². The van der Waals surface area contributed by atoms with Crippen LogP contribution >= 0.6 is 0 Å². The summed E-state index contributed by atoms with van der Waals surface area (Å²) in [5.41, 5.74) is 16.6. The normalized spacial score (nSPS) is 12.7. The van der Waals surface area contributed by atoms with E-state index in [1.54, 1.807) is 0 Å². The smallest absolute Gasteiger partial charge is 0.143 e. The van der Waals surface area contributed by atoms with E-state index in [0.717, 1.165) is 61.1 Å². The molecule has 0 saturated carbocycles. The number of anilines is 3. The molecule has 304 valence electrons. The number of furan rings is 1. The van der Waals surface area contributed by atoms with Gasteiger partial charge in [-0.25, -0.2) is 0 Å². The highest BCUT2D eigenvalue weighted by Crippen LogP contribution is 2.57. The lowest BCUT2D eigenvalue weighted by Crippen LogP contribution is -2.28. The van der Waals surface area contributed by atoms with E-state index in [-0.39, 0.29) is 0 Å². The van der Waals surface area contributed by atoms with E-state index in [9.17, 15) is 0 Å². The molecule has 0 saturated heterocycles. The summed E-state index contributed by atoms with van der Waals surface area (Å²) in [5.74, 6) is 0. The first-order chi connectivity index (χ1) is 32.2. The average molecular weight is 828 g/mol. The third kappa shape index (κ3) is 5.74. The first kappa shape index (κ1) is 37.1. The number of hydrogen-bond donors (Lipinski definition) is 0. The highest BCUT2D eigenvalue weighted by atomic mass is 16.3. The van der Waals surface area contributed by atoms with Crippen molar-refractivity contribution in [1.29, 1.82) is 0 Å². The van der Waals surface area contributed by atoms with Gasteiger partial charge in [0.25, 0.3) is 0 Å². The zero-order valence-electron chi connectivity index (χ0n) is 35.5. The molecule has 0 aliphatic heterocycles. The zero-order valence-corrected chi connectivity index (χ0v) is 35.5. The van der Waals surface area contributed by atoms with Gasteiger partial charge in [0.2, 0.25) is 0 Å². The van der Waals surface area contributed by atoms with Crippen LogP contribution in [0.4, 0.5) is 17.1 Å². The molecule has 0 radical (unpaired) electrons. The SMILES string of the molecule is c1ccc(C2(c3ccccc3)c3ccccc3-c3ccc(N(c4cccc(-c5ccc6ccccc6c5)c4)c4ccccc4-c4cccc5oc6c7ccccc7ccc6c45)cc32)cc1. The van der Waals surface area contributed by atoms with Gasteiger partial charge in [0.1, 0.15) is 11.2 Å². The Morgan fingerprint density at radius 3 is 1.78 bits per heavy atom. The van der Waals surface area contributed by atoms with Gasteiger partial charge < -0.3 is 9.32 Å². The van der Waals surface area contributed by atoms with E-state index in [1.807, 2.05) is 0 Å². The topological polar surface area (TPSA) is 16.4 Å². The molecule has 0 unspecified atom stereocenters. The molecule has 11 aromatic carbocycles. The Balaban J connectivity index is 1.08. The van der Waals surface area contributed by atoms with Gasteiger partial charge in [-0.15, -0.1) is 0 Å². The molecule has 1 heterocycles. The van der Waals surface area contributed by atoms with Crippen molar-refractivity contribution >= 4 is 60.5 Å². The summed E-state index contributed by atoms with van der Waals surface area (Å²) in [6, 6.07) is 91.0. The summed E-state index contributed by atoms with van der Waals surface area (Å²) < 4.78 is 6.77. The van der Waals surface area contributed by atoms with E-state index in [0.29, 0.717) is 0 Å². The molecule has 0 N–H and O–H groups in total. The van der Waals surface area contributed by atoms with Crippen LogP contribution < -0.4 is 4.90 Å².